The number of thiophene rings is 1. The summed E-state index contributed by atoms with van der Waals surface area (Å²) in [5, 5.41) is 2.07. The Kier molecular flexibility index (Phi) is 6.70. The fourth-order valence-electron chi connectivity index (χ4n) is 1.73. The molecule has 0 aromatic carbocycles. The number of hydrogen-bond acceptors (Lipinski definition) is 3. The summed E-state index contributed by atoms with van der Waals surface area (Å²) in [6.07, 6.45) is 2.35. The molecule has 2 atom stereocenters. The summed E-state index contributed by atoms with van der Waals surface area (Å²) in [7, 11) is 0. The van der Waals surface area contributed by atoms with Gasteiger partial charge < -0.3 is 10.5 Å². The van der Waals surface area contributed by atoms with Crippen molar-refractivity contribution in [2.24, 2.45) is 11.7 Å². The number of rotatable bonds is 7. The summed E-state index contributed by atoms with van der Waals surface area (Å²) in [4.78, 5) is 1.21. The fourth-order valence-corrected chi connectivity index (χ4v) is 3.34. The van der Waals surface area contributed by atoms with Gasteiger partial charge in [0.1, 0.15) is 6.10 Å². The number of hydrogen-bond donors (Lipinski definition) is 1. The molecule has 0 spiro atoms. The van der Waals surface area contributed by atoms with E-state index < -0.39 is 0 Å². The molecule has 17 heavy (non-hydrogen) atoms. The topological polar surface area (TPSA) is 35.2 Å². The predicted molar refractivity (Wildman–Crippen MR) is 78.4 cm³/mol. The van der Waals surface area contributed by atoms with Gasteiger partial charge >= 0.3 is 0 Å². The zero-order valence-corrected chi connectivity index (χ0v) is 13.2. The molecule has 0 aliphatic heterocycles. The average molecular weight is 320 g/mol. The standard InChI is InChI=1S/C13H22BrNOS/c1-4-10(5-2)7-16-13(9(3)15)12-6-11(14)8-17-12/h6,8-10,13H,4-5,7,15H2,1-3H3. The van der Waals surface area contributed by atoms with Crippen LogP contribution in [-0.2, 0) is 4.74 Å². The van der Waals surface area contributed by atoms with Crippen LogP contribution >= 0.6 is 27.3 Å². The highest BCUT2D eigenvalue weighted by molar-refractivity contribution is 9.10. The van der Waals surface area contributed by atoms with Gasteiger partial charge in [-0.05, 0) is 34.8 Å². The Hall–Kier alpha value is 0.1000. The lowest BCUT2D eigenvalue weighted by Gasteiger charge is -2.23. The van der Waals surface area contributed by atoms with E-state index in [4.69, 9.17) is 10.5 Å². The zero-order valence-electron chi connectivity index (χ0n) is 10.8. The van der Waals surface area contributed by atoms with Crippen LogP contribution in [0, 0.1) is 5.92 Å². The van der Waals surface area contributed by atoms with Crippen LogP contribution < -0.4 is 5.73 Å². The first-order chi connectivity index (χ1) is 8.08. The molecule has 2 nitrogen and oxygen atoms in total. The molecule has 0 aliphatic carbocycles. The molecule has 2 unspecified atom stereocenters. The van der Waals surface area contributed by atoms with Crippen LogP contribution in [-0.4, -0.2) is 12.6 Å². The van der Waals surface area contributed by atoms with E-state index in [0.717, 1.165) is 23.9 Å². The van der Waals surface area contributed by atoms with Crippen molar-refractivity contribution in [2.75, 3.05) is 6.61 Å². The van der Waals surface area contributed by atoms with Crippen LogP contribution in [0.4, 0.5) is 0 Å². The first kappa shape index (κ1) is 15.2. The van der Waals surface area contributed by atoms with E-state index >= 15 is 0 Å². The van der Waals surface area contributed by atoms with E-state index in [1.54, 1.807) is 11.3 Å². The lowest BCUT2D eigenvalue weighted by molar-refractivity contribution is 0.0162. The minimum absolute atomic E-state index is 0.0203. The van der Waals surface area contributed by atoms with Crippen LogP contribution in [0.15, 0.2) is 15.9 Å². The molecule has 0 radical (unpaired) electrons. The lowest BCUT2D eigenvalue weighted by atomic mass is 10.0. The minimum Gasteiger partial charge on any atom is -0.371 e. The SMILES string of the molecule is CCC(CC)COC(c1cc(Br)cs1)C(C)N. The van der Waals surface area contributed by atoms with Crippen molar-refractivity contribution in [2.45, 2.75) is 45.8 Å². The van der Waals surface area contributed by atoms with Gasteiger partial charge in [-0.1, -0.05) is 26.7 Å². The van der Waals surface area contributed by atoms with Crippen molar-refractivity contribution in [3.8, 4) is 0 Å². The molecule has 0 saturated carbocycles. The van der Waals surface area contributed by atoms with Gasteiger partial charge in [-0.3, -0.25) is 0 Å². The molecule has 0 fully saturated rings. The molecule has 0 saturated heterocycles. The fraction of sp³-hybridized carbons (Fsp3) is 0.692. The van der Waals surface area contributed by atoms with Gasteiger partial charge in [0.15, 0.2) is 0 Å². The van der Waals surface area contributed by atoms with E-state index in [1.165, 1.54) is 4.88 Å². The van der Waals surface area contributed by atoms with Crippen LogP contribution in [0.3, 0.4) is 0 Å². The molecular formula is C13H22BrNOS. The van der Waals surface area contributed by atoms with Gasteiger partial charge in [-0.25, -0.2) is 0 Å². The van der Waals surface area contributed by atoms with Crippen molar-refractivity contribution in [1.29, 1.82) is 0 Å². The first-order valence-corrected chi connectivity index (χ1v) is 7.86. The summed E-state index contributed by atoms with van der Waals surface area (Å²) in [5.74, 6) is 0.639. The average Bonchev–Trinajstić information content (AvgIpc) is 2.70. The van der Waals surface area contributed by atoms with Crippen molar-refractivity contribution in [3.05, 3.63) is 20.8 Å². The molecule has 0 bridgehead atoms. The number of nitrogens with two attached hydrogens (primary N) is 1. The third-order valence-corrected chi connectivity index (χ3v) is 4.77. The Morgan fingerprint density at radius 3 is 2.47 bits per heavy atom. The van der Waals surface area contributed by atoms with Crippen LogP contribution in [0.2, 0.25) is 0 Å². The quantitative estimate of drug-likeness (QED) is 0.810. The molecule has 2 N–H and O–H groups in total. The second kappa shape index (κ2) is 7.52. The molecule has 0 aliphatic rings. The Morgan fingerprint density at radius 2 is 2.06 bits per heavy atom. The van der Waals surface area contributed by atoms with Crippen molar-refractivity contribution in [1.82, 2.24) is 0 Å². The highest BCUT2D eigenvalue weighted by Gasteiger charge is 2.20. The van der Waals surface area contributed by atoms with Gasteiger partial charge in [-0.2, -0.15) is 0 Å². The Balaban J connectivity index is 2.61. The highest BCUT2D eigenvalue weighted by atomic mass is 79.9. The second-order valence-electron chi connectivity index (χ2n) is 4.46. The van der Waals surface area contributed by atoms with Crippen molar-refractivity contribution in [3.63, 3.8) is 0 Å². The Morgan fingerprint density at radius 1 is 1.41 bits per heavy atom. The maximum Gasteiger partial charge on any atom is 0.106 e. The van der Waals surface area contributed by atoms with Crippen LogP contribution in [0.5, 0.6) is 0 Å². The second-order valence-corrected chi connectivity index (χ2v) is 6.32. The van der Waals surface area contributed by atoms with E-state index in [9.17, 15) is 0 Å². The van der Waals surface area contributed by atoms with Gasteiger partial charge in [-0.15, -0.1) is 11.3 Å². The first-order valence-electron chi connectivity index (χ1n) is 6.19. The Bertz CT molecular complexity index is 323. The minimum atomic E-state index is 0.0203. The van der Waals surface area contributed by atoms with Gasteiger partial charge in [0.25, 0.3) is 0 Å². The summed E-state index contributed by atoms with van der Waals surface area (Å²) in [6, 6.07) is 2.13. The smallest absolute Gasteiger partial charge is 0.106 e. The molecule has 1 aromatic heterocycles. The zero-order chi connectivity index (χ0) is 12.8. The summed E-state index contributed by atoms with van der Waals surface area (Å²) < 4.78 is 7.12. The van der Waals surface area contributed by atoms with E-state index in [-0.39, 0.29) is 12.1 Å². The highest BCUT2D eigenvalue weighted by Crippen LogP contribution is 2.30. The van der Waals surface area contributed by atoms with E-state index in [2.05, 4.69) is 41.2 Å². The largest absolute Gasteiger partial charge is 0.371 e. The van der Waals surface area contributed by atoms with Gasteiger partial charge in [0.05, 0.1) is 6.61 Å². The van der Waals surface area contributed by atoms with E-state index in [1.807, 2.05) is 6.92 Å². The number of halogens is 1. The summed E-state index contributed by atoms with van der Waals surface area (Å²) in [5.41, 5.74) is 6.01. The third-order valence-electron chi connectivity index (χ3n) is 3.01. The third kappa shape index (κ3) is 4.70. The maximum absolute atomic E-state index is 6.01. The van der Waals surface area contributed by atoms with E-state index in [0.29, 0.717) is 5.92 Å². The molecule has 1 heterocycles. The normalized spacial score (nSPS) is 15.2. The van der Waals surface area contributed by atoms with Gasteiger partial charge in [0.2, 0.25) is 0 Å². The summed E-state index contributed by atoms with van der Waals surface area (Å²) in [6.45, 7) is 7.22. The molecule has 1 rings (SSSR count). The monoisotopic (exact) mass is 319 g/mol. The van der Waals surface area contributed by atoms with Crippen molar-refractivity contribution >= 4 is 27.3 Å². The van der Waals surface area contributed by atoms with Gasteiger partial charge in [0, 0.05) is 20.8 Å². The lowest BCUT2D eigenvalue weighted by Crippen LogP contribution is -2.27. The van der Waals surface area contributed by atoms with Crippen LogP contribution in [0.1, 0.15) is 44.6 Å². The summed E-state index contributed by atoms with van der Waals surface area (Å²) >= 11 is 5.17. The molecule has 1 aromatic rings. The van der Waals surface area contributed by atoms with Crippen LogP contribution in [0.25, 0.3) is 0 Å². The molecule has 98 valence electrons. The molecule has 4 heteroatoms. The van der Waals surface area contributed by atoms with Crippen molar-refractivity contribution < 1.29 is 4.74 Å². The number of ether oxygens (including phenoxy) is 1. The predicted octanol–water partition coefficient (Wildman–Crippen LogP) is 4.35. The maximum atomic E-state index is 6.01. The molecular weight excluding hydrogens is 298 g/mol. The Labute approximate surface area is 117 Å². The molecule has 0 amide bonds.